The zero-order valence-corrected chi connectivity index (χ0v) is 15.6. The van der Waals surface area contributed by atoms with Gasteiger partial charge in [0.05, 0.1) is 24.9 Å². The van der Waals surface area contributed by atoms with Crippen molar-refractivity contribution < 1.29 is 19.4 Å². The van der Waals surface area contributed by atoms with Gasteiger partial charge >= 0.3 is 0 Å². The zero-order chi connectivity index (χ0) is 20.3. The molecule has 1 aliphatic carbocycles. The van der Waals surface area contributed by atoms with Gasteiger partial charge in [-0.05, 0) is 17.7 Å². The van der Waals surface area contributed by atoms with E-state index in [2.05, 4.69) is 16.0 Å². The number of ether oxygens (including phenoxy) is 1. The number of ketones is 1. The number of nitrogens with one attached hydrogen (secondary N) is 3. The summed E-state index contributed by atoms with van der Waals surface area (Å²) in [4.78, 5) is 26.3. The fourth-order valence-electron chi connectivity index (χ4n) is 4.57. The Hall–Kier alpha value is -3.36. The third-order valence-electron chi connectivity index (χ3n) is 5.81. The number of nitrogens with two attached hydrogens (primary N) is 1. The maximum absolute atomic E-state index is 13.3. The molecule has 2 aliphatic heterocycles. The van der Waals surface area contributed by atoms with Crippen molar-refractivity contribution in [1.29, 1.82) is 0 Å². The van der Waals surface area contributed by atoms with Crippen molar-refractivity contribution in [2.75, 3.05) is 7.11 Å². The van der Waals surface area contributed by atoms with Crippen LogP contribution in [0.15, 0.2) is 48.0 Å². The van der Waals surface area contributed by atoms with E-state index in [9.17, 15) is 14.7 Å². The molecule has 2 aromatic carbocycles. The first kappa shape index (κ1) is 17.7. The van der Waals surface area contributed by atoms with Crippen LogP contribution in [0.4, 0.5) is 0 Å². The minimum Gasteiger partial charge on any atom is -0.504 e. The smallest absolute Gasteiger partial charge is 0.229 e. The third kappa shape index (κ3) is 2.53. The first-order valence-electron chi connectivity index (χ1n) is 9.33. The average Bonchev–Trinajstić information content (AvgIpc) is 2.99. The minimum absolute atomic E-state index is 0.00906. The number of aromatic hydroxyl groups is 1. The summed E-state index contributed by atoms with van der Waals surface area (Å²) >= 11 is 0. The lowest BCUT2D eigenvalue weighted by Crippen LogP contribution is -2.70. The van der Waals surface area contributed by atoms with E-state index in [0.29, 0.717) is 22.4 Å². The van der Waals surface area contributed by atoms with E-state index in [-0.39, 0.29) is 23.2 Å². The summed E-state index contributed by atoms with van der Waals surface area (Å²) in [6, 6.07) is 12.3. The van der Waals surface area contributed by atoms with Gasteiger partial charge in [-0.1, -0.05) is 30.3 Å². The molecule has 2 aromatic rings. The van der Waals surface area contributed by atoms with Crippen molar-refractivity contribution in [2.24, 2.45) is 11.7 Å². The van der Waals surface area contributed by atoms with Gasteiger partial charge in [0.2, 0.25) is 5.91 Å². The molecule has 4 unspecified atom stereocenters. The van der Waals surface area contributed by atoms with Gasteiger partial charge in [0, 0.05) is 22.6 Å². The van der Waals surface area contributed by atoms with Crippen molar-refractivity contribution in [3.05, 3.63) is 64.7 Å². The fraction of sp³-hybridized carbons (Fsp3) is 0.238. The molecule has 0 saturated carbocycles. The Labute approximate surface area is 166 Å². The van der Waals surface area contributed by atoms with Crippen LogP contribution in [0.5, 0.6) is 11.5 Å². The van der Waals surface area contributed by atoms with E-state index in [4.69, 9.17) is 10.5 Å². The molecule has 0 radical (unpaired) electrons. The Kier molecular flexibility index (Phi) is 3.87. The summed E-state index contributed by atoms with van der Waals surface area (Å²) in [7, 11) is 1.46. The molecule has 3 aliphatic rings. The van der Waals surface area contributed by atoms with Gasteiger partial charge in [-0.3, -0.25) is 20.6 Å². The monoisotopic (exact) mass is 392 g/mol. The highest BCUT2D eigenvalue weighted by Gasteiger charge is 2.50. The molecule has 4 atom stereocenters. The molecule has 5 rings (SSSR count). The lowest BCUT2D eigenvalue weighted by Gasteiger charge is -2.44. The van der Waals surface area contributed by atoms with Gasteiger partial charge in [0.15, 0.2) is 17.3 Å². The van der Waals surface area contributed by atoms with Crippen LogP contribution in [0.2, 0.25) is 0 Å². The Bertz CT molecular complexity index is 1080. The van der Waals surface area contributed by atoms with Crippen LogP contribution in [0.25, 0.3) is 5.70 Å². The molecule has 1 amide bonds. The second-order valence-corrected chi connectivity index (χ2v) is 7.37. The standard InChI is InChI=1S/C21H20N4O4/c1-29-13-8-9(6-7-12(13)26)14-15-17(10-4-2-3-5-11(10)18(15)27)23-19-16(14)20(28)25-21(22)24-19/h2-8,14,16,19,21,23-24,26H,22H2,1H3,(H,25,28). The first-order chi connectivity index (χ1) is 14.0. The van der Waals surface area contributed by atoms with Crippen LogP contribution in [-0.4, -0.2) is 36.4 Å². The summed E-state index contributed by atoms with van der Waals surface area (Å²) in [5.74, 6) is -1.23. The molecule has 0 spiro atoms. The molecule has 148 valence electrons. The quantitative estimate of drug-likeness (QED) is 0.507. The normalized spacial score (nSPS) is 27.5. The van der Waals surface area contributed by atoms with Gasteiger partial charge in [-0.2, -0.15) is 0 Å². The number of allylic oxidation sites excluding steroid dienone is 1. The second kappa shape index (κ2) is 6.33. The summed E-state index contributed by atoms with van der Waals surface area (Å²) in [6.45, 7) is 0. The molecule has 1 saturated heterocycles. The van der Waals surface area contributed by atoms with Gasteiger partial charge in [0.1, 0.15) is 6.29 Å². The number of rotatable bonds is 2. The molecule has 0 aromatic heterocycles. The van der Waals surface area contributed by atoms with Gasteiger partial charge < -0.3 is 20.5 Å². The molecule has 29 heavy (non-hydrogen) atoms. The maximum Gasteiger partial charge on any atom is 0.229 e. The molecule has 6 N–H and O–H groups in total. The van der Waals surface area contributed by atoms with Crippen molar-refractivity contribution >= 4 is 17.4 Å². The third-order valence-corrected chi connectivity index (χ3v) is 5.81. The zero-order valence-electron chi connectivity index (χ0n) is 15.6. The number of carbonyl (C=O) groups excluding carboxylic acids is 2. The number of carbonyl (C=O) groups is 2. The number of hydrogen-bond acceptors (Lipinski definition) is 7. The van der Waals surface area contributed by atoms with Crippen LogP contribution in [0, 0.1) is 5.92 Å². The Morgan fingerprint density at radius 1 is 1.07 bits per heavy atom. The van der Waals surface area contributed by atoms with Crippen molar-refractivity contribution in [1.82, 2.24) is 16.0 Å². The second-order valence-electron chi connectivity index (χ2n) is 7.37. The van der Waals surface area contributed by atoms with Crippen molar-refractivity contribution in [2.45, 2.75) is 18.4 Å². The van der Waals surface area contributed by atoms with E-state index in [1.165, 1.54) is 13.2 Å². The number of hydrogen-bond donors (Lipinski definition) is 5. The summed E-state index contributed by atoms with van der Waals surface area (Å²) in [6.07, 6.45) is -1.15. The predicted octanol–water partition coefficient (Wildman–Crippen LogP) is 0.599. The summed E-state index contributed by atoms with van der Waals surface area (Å²) in [5.41, 5.74) is 9.28. The van der Waals surface area contributed by atoms with E-state index in [0.717, 1.165) is 5.56 Å². The van der Waals surface area contributed by atoms with Gasteiger partial charge in [0.25, 0.3) is 0 Å². The molecule has 8 heteroatoms. The lowest BCUT2D eigenvalue weighted by molar-refractivity contribution is -0.130. The predicted molar refractivity (Wildman–Crippen MR) is 105 cm³/mol. The van der Waals surface area contributed by atoms with E-state index in [1.54, 1.807) is 18.2 Å². The first-order valence-corrected chi connectivity index (χ1v) is 9.33. The highest BCUT2D eigenvalue weighted by atomic mass is 16.5. The number of amides is 1. The number of benzene rings is 2. The molecular formula is C21H20N4O4. The molecular weight excluding hydrogens is 372 g/mol. The Balaban J connectivity index is 1.72. The fourth-order valence-corrected chi connectivity index (χ4v) is 4.57. The van der Waals surface area contributed by atoms with Gasteiger partial charge in [-0.25, -0.2) is 0 Å². The van der Waals surface area contributed by atoms with Crippen LogP contribution >= 0.6 is 0 Å². The Morgan fingerprint density at radius 2 is 1.83 bits per heavy atom. The molecule has 2 heterocycles. The number of methoxy groups -OCH3 is 1. The average molecular weight is 392 g/mol. The van der Waals surface area contributed by atoms with Crippen molar-refractivity contribution in [3.63, 3.8) is 0 Å². The van der Waals surface area contributed by atoms with Crippen LogP contribution in [-0.2, 0) is 4.79 Å². The number of Topliss-reactive ketones (excluding diaryl/α,β-unsaturated/α-hetero) is 1. The summed E-state index contributed by atoms with van der Waals surface area (Å²) in [5, 5.41) is 19.2. The number of fused-ring (bicyclic) bond motifs is 3. The van der Waals surface area contributed by atoms with Crippen LogP contribution in [0.1, 0.15) is 27.4 Å². The van der Waals surface area contributed by atoms with Gasteiger partial charge in [-0.15, -0.1) is 0 Å². The highest BCUT2D eigenvalue weighted by molar-refractivity contribution is 6.22. The minimum atomic E-state index is -0.694. The van der Waals surface area contributed by atoms with E-state index in [1.807, 2.05) is 18.2 Å². The lowest BCUT2D eigenvalue weighted by atomic mass is 9.74. The number of phenols is 1. The van der Waals surface area contributed by atoms with Crippen molar-refractivity contribution in [3.8, 4) is 11.5 Å². The van der Waals surface area contributed by atoms with E-state index >= 15 is 0 Å². The molecule has 0 bridgehead atoms. The largest absolute Gasteiger partial charge is 0.504 e. The topological polar surface area (TPSA) is 126 Å². The summed E-state index contributed by atoms with van der Waals surface area (Å²) < 4.78 is 5.25. The Morgan fingerprint density at radius 3 is 2.59 bits per heavy atom. The highest BCUT2D eigenvalue weighted by Crippen LogP contribution is 2.48. The maximum atomic E-state index is 13.3. The number of phenolic OH excluding ortho intramolecular Hbond substituents is 1. The molecule has 1 fully saturated rings. The van der Waals surface area contributed by atoms with Crippen LogP contribution < -0.4 is 26.4 Å². The SMILES string of the molecule is COc1cc(C2C3=C(NC4NC(N)NC(=O)C42)c2ccccc2C3=O)ccc1O. The van der Waals surface area contributed by atoms with Crippen LogP contribution in [0.3, 0.4) is 0 Å². The molecule has 8 nitrogen and oxygen atoms in total. The van der Waals surface area contributed by atoms with E-state index < -0.39 is 24.3 Å².